The summed E-state index contributed by atoms with van der Waals surface area (Å²) in [6.07, 6.45) is -4.68. The van der Waals surface area contributed by atoms with Crippen LogP contribution in [0, 0.1) is 0 Å². The fraction of sp³-hybridized carbons (Fsp3) is 0.240. The van der Waals surface area contributed by atoms with E-state index in [1.54, 1.807) is 41.3 Å². The molecule has 0 aliphatic heterocycles. The first-order valence-corrected chi connectivity index (χ1v) is 12.0. The summed E-state index contributed by atoms with van der Waals surface area (Å²) in [7, 11) is -4.47. The number of rotatable bonds is 9. The number of ether oxygens (including phenoxy) is 1. The molecule has 0 heterocycles. The van der Waals surface area contributed by atoms with Crippen molar-refractivity contribution in [2.45, 2.75) is 37.5 Å². The molecule has 0 fully saturated rings. The zero-order valence-electron chi connectivity index (χ0n) is 19.0. The van der Waals surface area contributed by atoms with Crippen LogP contribution in [0.4, 0.5) is 13.2 Å². The van der Waals surface area contributed by atoms with Crippen LogP contribution in [0.15, 0.2) is 83.8 Å². The van der Waals surface area contributed by atoms with Gasteiger partial charge < -0.3 is 13.8 Å². The number of nitrogens with zero attached hydrogens (tertiary/aromatic N) is 1. The quantitative estimate of drug-likeness (QED) is 0.368. The molecule has 0 N–H and O–H groups in total. The van der Waals surface area contributed by atoms with Crippen LogP contribution in [-0.2, 0) is 27.6 Å². The minimum atomic E-state index is -4.68. The molecule has 0 aliphatic carbocycles. The van der Waals surface area contributed by atoms with Crippen molar-refractivity contribution in [3.8, 4) is 11.5 Å². The van der Waals surface area contributed by atoms with Gasteiger partial charge in [0, 0.05) is 12.6 Å². The van der Waals surface area contributed by atoms with E-state index in [2.05, 4.69) is 0 Å². The molecule has 0 bridgehead atoms. The Labute approximate surface area is 202 Å². The van der Waals surface area contributed by atoms with Gasteiger partial charge in [-0.05, 0) is 61.9 Å². The highest BCUT2D eigenvalue weighted by Crippen LogP contribution is 2.31. The van der Waals surface area contributed by atoms with Crippen LogP contribution in [0.1, 0.15) is 25.0 Å². The lowest BCUT2D eigenvalue weighted by Gasteiger charge is -2.27. The third-order valence-corrected chi connectivity index (χ3v) is 6.22. The molecule has 10 heteroatoms. The van der Waals surface area contributed by atoms with Crippen LogP contribution in [0.2, 0.25) is 0 Å². The van der Waals surface area contributed by atoms with Gasteiger partial charge >= 0.3 is 16.3 Å². The van der Waals surface area contributed by atoms with Crippen LogP contribution in [0.25, 0.3) is 0 Å². The third-order valence-electron chi connectivity index (χ3n) is 4.98. The van der Waals surface area contributed by atoms with Crippen LogP contribution in [0.5, 0.6) is 11.5 Å². The molecule has 186 valence electrons. The SMILES string of the molecule is CC(C)N(Cc1ccc(OS(=O)(=O)c2cccc(C(F)(F)F)c2)cc1)C(=O)COc1ccccc1. The van der Waals surface area contributed by atoms with Crippen molar-refractivity contribution in [2.75, 3.05) is 6.61 Å². The van der Waals surface area contributed by atoms with Gasteiger partial charge in [0.25, 0.3) is 5.91 Å². The van der Waals surface area contributed by atoms with Crippen molar-refractivity contribution in [3.05, 3.63) is 90.0 Å². The summed E-state index contributed by atoms with van der Waals surface area (Å²) < 4.78 is 74.2. The molecule has 0 radical (unpaired) electrons. The normalized spacial score (nSPS) is 11.8. The van der Waals surface area contributed by atoms with Crippen molar-refractivity contribution in [2.24, 2.45) is 0 Å². The monoisotopic (exact) mass is 507 g/mol. The maximum atomic E-state index is 12.9. The Morgan fingerprint density at radius 3 is 2.17 bits per heavy atom. The minimum Gasteiger partial charge on any atom is -0.484 e. The van der Waals surface area contributed by atoms with E-state index in [9.17, 15) is 26.4 Å². The molecule has 3 aromatic rings. The Morgan fingerprint density at radius 2 is 1.57 bits per heavy atom. The first kappa shape index (κ1) is 26.1. The molecule has 0 saturated heterocycles. The summed E-state index contributed by atoms with van der Waals surface area (Å²) >= 11 is 0. The maximum Gasteiger partial charge on any atom is 0.416 e. The second kappa shape index (κ2) is 10.8. The average molecular weight is 508 g/mol. The van der Waals surface area contributed by atoms with Crippen LogP contribution >= 0.6 is 0 Å². The third kappa shape index (κ3) is 7.22. The number of alkyl halides is 3. The van der Waals surface area contributed by atoms with Crippen LogP contribution in [-0.4, -0.2) is 31.9 Å². The predicted molar refractivity (Wildman–Crippen MR) is 123 cm³/mol. The van der Waals surface area contributed by atoms with E-state index in [4.69, 9.17) is 8.92 Å². The number of amides is 1. The van der Waals surface area contributed by atoms with Crippen LogP contribution in [0.3, 0.4) is 0 Å². The van der Waals surface area contributed by atoms with Crippen molar-refractivity contribution in [3.63, 3.8) is 0 Å². The van der Waals surface area contributed by atoms with Gasteiger partial charge in [-0.15, -0.1) is 0 Å². The molecule has 0 aromatic heterocycles. The standard InChI is InChI=1S/C25H24F3NO5S/c1-18(2)29(24(30)17-33-21-8-4-3-5-9-21)16-19-11-13-22(14-12-19)34-35(31,32)23-10-6-7-20(15-23)25(26,27)28/h3-15,18H,16-17H2,1-2H3. The number of benzene rings is 3. The first-order valence-electron chi connectivity index (χ1n) is 10.6. The summed E-state index contributed by atoms with van der Waals surface area (Å²) in [5, 5.41) is 0. The molecular formula is C25H24F3NO5S. The molecule has 3 rings (SSSR count). The summed E-state index contributed by atoms with van der Waals surface area (Å²) in [5.74, 6) is 0.283. The first-order chi connectivity index (χ1) is 16.5. The Hall–Kier alpha value is -3.53. The number of hydrogen-bond acceptors (Lipinski definition) is 5. The highest BCUT2D eigenvalue weighted by atomic mass is 32.2. The number of carbonyl (C=O) groups is 1. The van der Waals surface area contributed by atoms with Crippen molar-refractivity contribution in [1.82, 2.24) is 4.90 Å². The summed E-state index contributed by atoms with van der Waals surface area (Å²) in [6, 6.07) is 18.1. The van der Waals surface area contributed by atoms with Gasteiger partial charge in [0.1, 0.15) is 16.4 Å². The zero-order chi connectivity index (χ0) is 25.6. The van der Waals surface area contributed by atoms with E-state index in [0.29, 0.717) is 17.4 Å². The van der Waals surface area contributed by atoms with Crippen molar-refractivity contribution >= 4 is 16.0 Å². The largest absolute Gasteiger partial charge is 0.484 e. The molecule has 0 aliphatic rings. The topological polar surface area (TPSA) is 72.9 Å². The summed E-state index contributed by atoms with van der Waals surface area (Å²) in [4.78, 5) is 13.7. The van der Waals surface area contributed by atoms with Gasteiger partial charge in [-0.25, -0.2) is 0 Å². The smallest absolute Gasteiger partial charge is 0.416 e. The van der Waals surface area contributed by atoms with E-state index in [-0.39, 0.29) is 30.9 Å². The summed E-state index contributed by atoms with van der Waals surface area (Å²) in [5.41, 5.74) is -0.386. The fourth-order valence-electron chi connectivity index (χ4n) is 3.15. The molecule has 0 saturated carbocycles. The van der Waals surface area contributed by atoms with Gasteiger partial charge in [0.15, 0.2) is 6.61 Å². The molecule has 1 amide bonds. The maximum absolute atomic E-state index is 12.9. The molecule has 6 nitrogen and oxygen atoms in total. The van der Waals surface area contributed by atoms with Crippen molar-refractivity contribution < 1.29 is 35.3 Å². The van der Waals surface area contributed by atoms with Crippen LogP contribution < -0.4 is 8.92 Å². The van der Waals surface area contributed by atoms with Crippen molar-refractivity contribution in [1.29, 1.82) is 0 Å². The molecule has 3 aromatic carbocycles. The van der Waals surface area contributed by atoms with Gasteiger partial charge in [-0.2, -0.15) is 21.6 Å². The highest BCUT2D eigenvalue weighted by Gasteiger charge is 2.32. The van der Waals surface area contributed by atoms with E-state index < -0.39 is 26.8 Å². The second-order valence-corrected chi connectivity index (χ2v) is 9.47. The number of para-hydroxylation sites is 1. The Bertz CT molecular complexity index is 1240. The molecule has 35 heavy (non-hydrogen) atoms. The minimum absolute atomic E-state index is 0.0685. The molecule has 0 atom stereocenters. The number of halogens is 3. The number of carbonyl (C=O) groups excluding carboxylic acids is 1. The van der Waals surface area contributed by atoms with E-state index >= 15 is 0 Å². The average Bonchev–Trinajstić information content (AvgIpc) is 2.82. The van der Waals surface area contributed by atoms with Gasteiger partial charge in [-0.3, -0.25) is 4.79 Å². The van der Waals surface area contributed by atoms with Gasteiger partial charge in [-0.1, -0.05) is 36.4 Å². The number of hydrogen-bond donors (Lipinski definition) is 0. The molecule has 0 spiro atoms. The van der Waals surface area contributed by atoms with Gasteiger partial charge in [0.2, 0.25) is 0 Å². The Balaban J connectivity index is 1.66. The lowest BCUT2D eigenvalue weighted by Crippen LogP contribution is -2.39. The predicted octanol–water partition coefficient (Wildman–Crippen LogP) is 5.29. The molecule has 0 unspecified atom stereocenters. The Morgan fingerprint density at radius 1 is 0.914 bits per heavy atom. The fourth-order valence-corrected chi connectivity index (χ4v) is 4.13. The Kier molecular flexibility index (Phi) is 8.06. The van der Waals surface area contributed by atoms with E-state index in [0.717, 1.165) is 18.2 Å². The van der Waals surface area contributed by atoms with Gasteiger partial charge in [0.05, 0.1) is 5.56 Å². The molecular weight excluding hydrogens is 483 g/mol. The van der Waals surface area contributed by atoms with E-state index in [1.165, 1.54) is 12.1 Å². The second-order valence-electron chi connectivity index (χ2n) is 7.92. The lowest BCUT2D eigenvalue weighted by molar-refractivity contribution is -0.138. The lowest BCUT2D eigenvalue weighted by atomic mass is 10.2. The zero-order valence-corrected chi connectivity index (χ0v) is 19.8. The summed E-state index contributed by atoms with van der Waals surface area (Å²) in [6.45, 7) is 3.83. The highest BCUT2D eigenvalue weighted by molar-refractivity contribution is 7.87. The van der Waals surface area contributed by atoms with E-state index in [1.807, 2.05) is 19.9 Å².